The van der Waals surface area contributed by atoms with Gasteiger partial charge in [0.15, 0.2) is 0 Å². The van der Waals surface area contributed by atoms with Crippen LogP contribution in [0.15, 0.2) is 30.3 Å². The number of ether oxygens (including phenoxy) is 1. The highest BCUT2D eigenvalue weighted by Gasteiger charge is 2.19. The van der Waals surface area contributed by atoms with Crippen molar-refractivity contribution in [2.24, 2.45) is 0 Å². The zero-order valence-electron chi connectivity index (χ0n) is 10.1. The Kier molecular flexibility index (Phi) is 3.80. The van der Waals surface area contributed by atoms with E-state index in [9.17, 15) is 0 Å². The average Bonchev–Trinajstić information content (AvgIpc) is 2.42. The summed E-state index contributed by atoms with van der Waals surface area (Å²) in [6, 6.07) is 10.1. The highest BCUT2D eigenvalue weighted by atomic mass is 16.5. The molecule has 0 amide bonds. The van der Waals surface area contributed by atoms with Gasteiger partial charge in [-0.05, 0) is 26.2 Å². The number of rotatable bonds is 2. The summed E-state index contributed by atoms with van der Waals surface area (Å²) in [6.45, 7) is 4.23. The summed E-state index contributed by atoms with van der Waals surface area (Å²) in [5, 5.41) is 0. The van der Waals surface area contributed by atoms with Gasteiger partial charge in [0.2, 0.25) is 0 Å². The van der Waals surface area contributed by atoms with E-state index in [-0.39, 0.29) is 6.10 Å². The molecule has 0 radical (unpaired) electrons. The Bertz CT molecular complexity index is 303. The van der Waals surface area contributed by atoms with Crippen LogP contribution in [-0.4, -0.2) is 56.2 Å². The Labute approximate surface area is 97.6 Å². The largest absolute Gasteiger partial charge is 0.488 e. The Morgan fingerprint density at radius 3 is 2.12 bits per heavy atom. The predicted octanol–water partition coefficient (Wildman–Crippen LogP) is 1.31. The minimum Gasteiger partial charge on any atom is -0.488 e. The van der Waals surface area contributed by atoms with Crippen molar-refractivity contribution in [1.29, 1.82) is 0 Å². The molecule has 3 nitrogen and oxygen atoms in total. The van der Waals surface area contributed by atoms with E-state index in [0.717, 1.165) is 31.9 Å². The lowest BCUT2D eigenvalue weighted by atomic mass is 10.3. The van der Waals surface area contributed by atoms with Gasteiger partial charge in [0.1, 0.15) is 11.9 Å². The topological polar surface area (TPSA) is 15.7 Å². The minimum absolute atomic E-state index is 0.264. The first-order valence-corrected chi connectivity index (χ1v) is 5.83. The van der Waals surface area contributed by atoms with Crippen LogP contribution in [-0.2, 0) is 0 Å². The highest BCUT2D eigenvalue weighted by Crippen LogP contribution is 2.13. The number of para-hydroxylation sites is 1. The molecule has 2 rings (SSSR count). The molecule has 3 heteroatoms. The van der Waals surface area contributed by atoms with Crippen LogP contribution in [0.3, 0.4) is 0 Å². The van der Waals surface area contributed by atoms with Crippen molar-refractivity contribution in [1.82, 2.24) is 9.80 Å². The molecule has 1 aliphatic heterocycles. The molecule has 1 aliphatic rings. The van der Waals surface area contributed by atoms with Gasteiger partial charge >= 0.3 is 0 Å². The molecule has 1 aromatic rings. The molecule has 0 spiro atoms. The third-order valence-corrected chi connectivity index (χ3v) is 2.94. The van der Waals surface area contributed by atoms with Crippen LogP contribution in [0.1, 0.15) is 0 Å². The van der Waals surface area contributed by atoms with Gasteiger partial charge in [0, 0.05) is 26.2 Å². The van der Waals surface area contributed by atoms with Gasteiger partial charge < -0.3 is 14.5 Å². The number of hydrogen-bond acceptors (Lipinski definition) is 3. The molecular weight excluding hydrogens is 200 g/mol. The van der Waals surface area contributed by atoms with Gasteiger partial charge in [-0.1, -0.05) is 18.2 Å². The summed E-state index contributed by atoms with van der Waals surface area (Å²) in [7, 11) is 4.31. The van der Waals surface area contributed by atoms with Gasteiger partial charge in [-0.2, -0.15) is 0 Å². The van der Waals surface area contributed by atoms with E-state index in [1.165, 1.54) is 0 Å². The second-order valence-corrected chi connectivity index (χ2v) is 4.58. The smallest absolute Gasteiger partial charge is 0.124 e. The zero-order valence-corrected chi connectivity index (χ0v) is 10.1. The molecule has 0 bridgehead atoms. The van der Waals surface area contributed by atoms with Crippen LogP contribution in [0.4, 0.5) is 0 Å². The fourth-order valence-corrected chi connectivity index (χ4v) is 2.04. The van der Waals surface area contributed by atoms with Gasteiger partial charge in [0.25, 0.3) is 0 Å². The first-order chi connectivity index (χ1) is 7.74. The summed E-state index contributed by atoms with van der Waals surface area (Å²) in [4.78, 5) is 4.66. The molecule has 0 aliphatic carbocycles. The maximum Gasteiger partial charge on any atom is 0.124 e. The molecule has 0 aromatic heterocycles. The standard InChI is InChI=1S/C13H20N2O/c1-14-8-9-15(2)11-13(10-14)16-12-6-4-3-5-7-12/h3-7,13H,8-11H2,1-2H3. The lowest BCUT2D eigenvalue weighted by Gasteiger charge is -2.22. The van der Waals surface area contributed by atoms with Crippen LogP contribution in [0, 0.1) is 0 Å². The lowest BCUT2D eigenvalue weighted by Crippen LogP contribution is -2.35. The van der Waals surface area contributed by atoms with Crippen molar-refractivity contribution in [3.63, 3.8) is 0 Å². The summed E-state index contributed by atoms with van der Waals surface area (Å²) in [5.74, 6) is 0.969. The van der Waals surface area contributed by atoms with Crippen LogP contribution >= 0.6 is 0 Å². The van der Waals surface area contributed by atoms with Crippen LogP contribution in [0.25, 0.3) is 0 Å². The summed E-state index contributed by atoms with van der Waals surface area (Å²) < 4.78 is 5.99. The number of likely N-dealkylation sites (N-methyl/N-ethyl adjacent to an activating group) is 2. The third-order valence-electron chi connectivity index (χ3n) is 2.94. The normalized spacial score (nSPS) is 20.6. The van der Waals surface area contributed by atoms with E-state index in [2.05, 4.69) is 23.9 Å². The fraction of sp³-hybridized carbons (Fsp3) is 0.538. The van der Waals surface area contributed by atoms with Crippen molar-refractivity contribution in [3.8, 4) is 5.75 Å². The van der Waals surface area contributed by atoms with Gasteiger partial charge in [-0.25, -0.2) is 0 Å². The summed E-state index contributed by atoms with van der Waals surface area (Å²) in [6.07, 6.45) is 0.264. The number of benzene rings is 1. The van der Waals surface area contributed by atoms with Gasteiger partial charge in [-0.3, -0.25) is 0 Å². The molecule has 1 saturated heterocycles. The molecule has 0 atom stereocenters. The van der Waals surface area contributed by atoms with E-state index in [1.807, 2.05) is 30.3 Å². The molecule has 0 N–H and O–H groups in total. The molecule has 1 heterocycles. The highest BCUT2D eigenvalue weighted by molar-refractivity contribution is 5.21. The first-order valence-electron chi connectivity index (χ1n) is 5.83. The molecule has 88 valence electrons. The number of hydrogen-bond donors (Lipinski definition) is 0. The molecule has 16 heavy (non-hydrogen) atoms. The molecule has 1 fully saturated rings. The second-order valence-electron chi connectivity index (χ2n) is 4.58. The van der Waals surface area contributed by atoms with Gasteiger partial charge in [0.05, 0.1) is 0 Å². The predicted molar refractivity (Wildman–Crippen MR) is 65.9 cm³/mol. The average molecular weight is 220 g/mol. The number of nitrogens with zero attached hydrogens (tertiary/aromatic N) is 2. The fourth-order valence-electron chi connectivity index (χ4n) is 2.04. The van der Waals surface area contributed by atoms with Crippen molar-refractivity contribution in [2.75, 3.05) is 40.3 Å². The lowest BCUT2D eigenvalue weighted by molar-refractivity contribution is 0.145. The van der Waals surface area contributed by atoms with E-state index < -0.39 is 0 Å². The third kappa shape index (κ3) is 3.22. The molecule has 0 unspecified atom stereocenters. The second kappa shape index (κ2) is 5.32. The maximum atomic E-state index is 5.99. The van der Waals surface area contributed by atoms with Gasteiger partial charge in [-0.15, -0.1) is 0 Å². The Morgan fingerprint density at radius 1 is 1.00 bits per heavy atom. The SMILES string of the molecule is CN1CCN(C)CC(Oc2ccccc2)C1. The van der Waals surface area contributed by atoms with Crippen LogP contribution in [0.5, 0.6) is 5.75 Å². The van der Waals surface area contributed by atoms with Crippen molar-refractivity contribution >= 4 is 0 Å². The molecule has 1 aromatic carbocycles. The van der Waals surface area contributed by atoms with E-state index in [0.29, 0.717) is 0 Å². The minimum atomic E-state index is 0.264. The first kappa shape index (κ1) is 11.4. The van der Waals surface area contributed by atoms with E-state index >= 15 is 0 Å². The van der Waals surface area contributed by atoms with Crippen molar-refractivity contribution < 1.29 is 4.74 Å². The quantitative estimate of drug-likeness (QED) is 0.747. The molecular formula is C13H20N2O. The Hall–Kier alpha value is -1.06. The maximum absolute atomic E-state index is 5.99. The van der Waals surface area contributed by atoms with Crippen LogP contribution in [0.2, 0.25) is 0 Å². The Balaban J connectivity index is 1.97. The van der Waals surface area contributed by atoms with E-state index in [4.69, 9.17) is 4.74 Å². The van der Waals surface area contributed by atoms with Crippen molar-refractivity contribution in [3.05, 3.63) is 30.3 Å². The monoisotopic (exact) mass is 220 g/mol. The van der Waals surface area contributed by atoms with E-state index in [1.54, 1.807) is 0 Å². The summed E-state index contributed by atoms with van der Waals surface area (Å²) >= 11 is 0. The molecule has 0 saturated carbocycles. The summed E-state index contributed by atoms with van der Waals surface area (Å²) in [5.41, 5.74) is 0. The van der Waals surface area contributed by atoms with Crippen molar-refractivity contribution in [2.45, 2.75) is 6.10 Å². The Morgan fingerprint density at radius 2 is 1.56 bits per heavy atom. The van der Waals surface area contributed by atoms with Crippen LogP contribution < -0.4 is 4.74 Å². The zero-order chi connectivity index (χ0) is 11.4.